The van der Waals surface area contributed by atoms with Crippen LogP contribution in [-0.2, 0) is 6.42 Å². The predicted molar refractivity (Wildman–Crippen MR) is 109 cm³/mol. The number of hydrogen-bond donors (Lipinski definition) is 1. The standard InChI is InChI=1S/C20H22ClN3S/c1-14-18(23-10-8-20(14)25-11-5-4-9-21)13-19-16(22)12-15-6-2-3-7-17(15)24-19/h2-3,6-8,10,12H,4-5,9,11,13,22H2,1H3. The molecule has 2 heterocycles. The molecule has 0 atom stereocenters. The number of thioether (sulfide) groups is 1. The van der Waals surface area contributed by atoms with Gasteiger partial charge in [-0.15, -0.1) is 23.4 Å². The Morgan fingerprint density at radius 1 is 1.12 bits per heavy atom. The van der Waals surface area contributed by atoms with Gasteiger partial charge in [0.05, 0.1) is 22.6 Å². The van der Waals surface area contributed by atoms with Gasteiger partial charge in [0.25, 0.3) is 0 Å². The van der Waals surface area contributed by atoms with Crippen LogP contribution in [0.4, 0.5) is 5.69 Å². The van der Waals surface area contributed by atoms with Gasteiger partial charge in [-0.3, -0.25) is 9.97 Å². The molecule has 3 aromatic rings. The molecular weight excluding hydrogens is 350 g/mol. The van der Waals surface area contributed by atoms with Crippen molar-refractivity contribution in [2.75, 3.05) is 17.4 Å². The third-order valence-electron chi connectivity index (χ3n) is 4.22. The lowest BCUT2D eigenvalue weighted by Gasteiger charge is -2.12. The number of alkyl halides is 1. The third-order valence-corrected chi connectivity index (χ3v) is 5.73. The number of unbranched alkanes of at least 4 members (excludes halogenated alkanes) is 1. The van der Waals surface area contributed by atoms with Crippen molar-refractivity contribution in [3.05, 3.63) is 59.5 Å². The minimum atomic E-state index is 0.651. The number of nitrogen functional groups attached to an aromatic ring is 1. The van der Waals surface area contributed by atoms with Crippen molar-refractivity contribution in [3.63, 3.8) is 0 Å². The summed E-state index contributed by atoms with van der Waals surface area (Å²) in [6.45, 7) is 2.13. The zero-order valence-corrected chi connectivity index (χ0v) is 15.9. The van der Waals surface area contributed by atoms with Crippen LogP contribution in [0.25, 0.3) is 10.9 Å². The van der Waals surface area contributed by atoms with Crippen molar-refractivity contribution >= 4 is 40.0 Å². The molecule has 3 nitrogen and oxygen atoms in total. The molecular formula is C20H22ClN3S. The lowest BCUT2D eigenvalue weighted by molar-refractivity contribution is 0.901. The van der Waals surface area contributed by atoms with Crippen molar-refractivity contribution in [1.82, 2.24) is 9.97 Å². The van der Waals surface area contributed by atoms with E-state index < -0.39 is 0 Å². The fraction of sp³-hybridized carbons (Fsp3) is 0.300. The summed E-state index contributed by atoms with van der Waals surface area (Å²) >= 11 is 7.62. The highest BCUT2D eigenvalue weighted by atomic mass is 35.5. The Morgan fingerprint density at radius 3 is 2.80 bits per heavy atom. The summed E-state index contributed by atoms with van der Waals surface area (Å²) in [6, 6.07) is 12.1. The lowest BCUT2D eigenvalue weighted by Crippen LogP contribution is -2.03. The highest BCUT2D eigenvalue weighted by Crippen LogP contribution is 2.27. The number of aromatic nitrogens is 2. The first-order valence-electron chi connectivity index (χ1n) is 8.46. The summed E-state index contributed by atoms with van der Waals surface area (Å²) in [5.41, 5.74) is 11.1. The van der Waals surface area contributed by atoms with E-state index in [0.29, 0.717) is 6.42 Å². The fourth-order valence-corrected chi connectivity index (χ4v) is 3.99. The van der Waals surface area contributed by atoms with Crippen LogP contribution in [0.15, 0.2) is 47.5 Å². The maximum Gasteiger partial charge on any atom is 0.0707 e. The number of fused-ring (bicyclic) bond motifs is 1. The summed E-state index contributed by atoms with van der Waals surface area (Å²) in [6.07, 6.45) is 4.72. The third kappa shape index (κ3) is 4.44. The first kappa shape index (κ1) is 18.0. The molecule has 0 bridgehead atoms. The van der Waals surface area contributed by atoms with Crippen molar-refractivity contribution in [2.24, 2.45) is 0 Å². The van der Waals surface area contributed by atoms with Crippen LogP contribution in [0.2, 0.25) is 0 Å². The van der Waals surface area contributed by atoms with E-state index in [1.54, 1.807) is 0 Å². The van der Waals surface area contributed by atoms with E-state index in [0.717, 1.165) is 52.5 Å². The lowest BCUT2D eigenvalue weighted by atomic mass is 10.1. The Kier molecular flexibility index (Phi) is 6.16. The highest BCUT2D eigenvalue weighted by Gasteiger charge is 2.11. The van der Waals surface area contributed by atoms with Crippen LogP contribution >= 0.6 is 23.4 Å². The van der Waals surface area contributed by atoms with E-state index in [4.69, 9.17) is 22.3 Å². The number of anilines is 1. The zero-order chi connectivity index (χ0) is 17.6. The molecule has 2 N–H and O–H groups in total. The Morgan fingerprint density at radius 2 is 1.96 bits per heavy atom. The molecule has 0 unspecified atom stereocenters. The molecule has 1 aromatic carbocycles. The minimum absolute atomic E-state index is 0.651. The van der Waals surface area contributed by atoms with Gasteiger partial charge in [-0.05, 0) is 49.3 Å². The first-order valence-corrected chi connectivity index (χ1v) is 9.98. The van der Waals surface area contributed by atoms with Crippen molar-refractivity contribution < 1.29 is 0 Å². The number of rotatable bonds is 7. The van der Waals surface area contributed by atoms with Crippen LogP contribution in [0.5, 0.6) is 0 Å². The molecule has 130 valence electrons. The van der Waals surface area contributed by atoms with E-state index in [2.05, 4.69) is 18.0 Å². The largest absolute Gasteiger partial charge is 0.397 e. The monoisotopic (exact) mass is 371 g/mol. The Labute approximate surface area is 158 Å². The molecule has 2 aromatic heterocycles. The summed E-state index contributed by atoms with van der Waals surface area (Å²) in [4.78, 5) is 10.6. The molecule has 0 fully saturated rings. The Balaban J connectivity index is 1.82. The van der Waals surface area contributed by atoms with E-state index in [1.807, 2.05) is 48.3 Å². The average molecular weight is 372 g/mol. The molecule has 0 spiro atoms. The van der Waals surface area contributed by atoms with Crippen molar-refractivity contribution in [2.45, 2.75) is 31.1 Å². The molecule has 0 aliphatic heterocycles. The van der Waals surface area contributed by atoms with E-state index in [9.17, 15) is 0 Å². The van der Waals surface area contributed by atoms with Crippen molar-refractivity contribution in [3.8, 4) is 0 Å². The van der Waals surface area contributed by atoms with Gasteiger partial charge in [0.15, 0.2) is 0 Å². The molecule has 25 heavy (non-hydrogen) atoms. The second-order valence-corrected chi connectivity index (χ2v) is 7.53. The number of benzene rings is 1. The topological polar surface area (TPSA) is 51.8 Å². The quantitative estimate of drug-likeness (QED) is 0.351. The van der Waals surface area contributed by atoms with Crippen LogP contribution in [0.3, 0.4) is 0 Å². The molecule has 0 saturated heterocycles. The number of nitrogens with zero attached hydrogens (tertiary/aromatic N) is 2. The van der Waals surface area contributed by atoms with Crippen LogP contribution < -0.4 is 5.73 Å². The number of pyridine rings is 2. The van der Waals surface area contributed by atoms with Gasteiger partial charge in [0.2, 0.25) is 0 Å². The predicted octanol–water partition coefficient (Wildman–Crippen LogP) is 5.22. The molecule has 0 radical (unpaired) electrons. The summed E-state index contributed by atoms with van der Waals surface area (Å²) in [7, 11) is 0. The maximum absolute atomic E-state index is 6.23. The summed E-state index contributed by atoms with van der Waals surface area (Å²) in [5, 5.41) is 1.07. The van der Waals surface area contributed by atoms with Gasteiger partial charge < -0.3 is 5.73 Å². The molecule has 0 aliphatic carbocycles. The summed E-state index contributed by atoms with van der Waals surface area (Å²) < 4.78 is 0. The Bertz CT molecular complexity index is 867. The van der Waals surface area contributed by atoms with Gasteiger partial charge in [-0.25, -0.2) is 0 Å². The smallest absolute Gasteiger partial charge is 0.0707 e. The molecule has 0 saturated carbocycles. The number of para-hydroxylation sites is 1. The first-order chi connectivity index (χ1) is 12.2. The second-order valence-electron chi connectivity index (χ2n) is 6.02. The normalized spacial score (nSPS) is 11.1. The second kappa shape index (κ2) is 8.54. The highest BCUT2D eigenvalue weighted by molar-refractivity contribution is 7.99. The van der Waals surface area contributed by atoms with Gasteiger partial charge in [-0.2, -0.15) is 0 Å². The molecule has 3 rings (SSSR count). The van der Waals surface area contributed by atoms with E-state index in [-0.39, 0.29) is 0 Å². The zero-order valence-electron chi connectivity index (χ0n) is 14.3. The maximum atomic E-state index is 6.23. The van der Waals surface area contributed by atoms with Gasteiger partial charge in [0.1, 0.15) is 0 Å². The minimum Gasteiger partial charge on any atom is -0.397 e. The number of halogens is 1. The number of nitrogens with two attached hydrogens (primary N) is 1. The van der Waals surface area contributed by atoms with Crippen LogP contribution in [0, 0.1) is 6.92 Å². The van der Waals surface area contributed by atoms with Crippen LogP contribution in [-0.4, -0.2) is 21.6 Å². The fourth-order valence-electron chi connectivity index (χ4n) is 2.74. The van der Waals surface area contributed by atoms with Gasteiger partial charge in [0, 0.05) is 28.8 Å². The number of hydrogen-bond acceptors (Lipinski definition) is 4. The average Bonchev–Trinajstić information content (AvgIpc) is 2.62. The van der Waals surface area contributed by atoms with Gasteiger partial charge >= 0.3 is 0 Å². The molecule has 0 aliphatic rings. The Hall–Kier alpha value is -1.78. The van der Waals surface area contributed by atoms with Crippen molar-refractivity contribution in [1.29, 1.82) is 0 Å². The molecule has 5 heteroatoms. The van der Waals surface area contributed by atoms with E-state index in [1.165, 1.54) is 10.5 Å². The SMILES string of the molecule is Cc1c(SCCCCCl)ccnc1Cc1nc2ccccc2cc1N. The van der Waals surface area contributed by atoms with E-state index >= 15 is 0 Å². The van der Waals surface area contributed by atoms with Crippen LogP contribution in [0.1, 0.15) is 29.8 Å². The summed E-state index contributed by atoms with van der Waals surface area (Å²) in [5.74, 6) is 1.81. The molecule has 0 amide bonds. The van der Waals surface area contributed by atoms with Gasteiger partial charge in [-0.1, -0.05) is 18.2 Å².